The maximum atomic E-state index is 13.6. The van der Waals surface area contributed by atoms with Crippen molar-refractivity contribution >= 4 is 0 Å². The Labute approximate surface area is 221 Å². The van der Waals surface area contributed by atoms with Crippen LogP contribution in [0.5, 0.6) is 0 Å². The van der Waals surface area contributed by atoms with E-state index in [0.717, 1.165) is 15.7 Å². The van der Waals surface area contributed by atoms with Gasteiger partial charge in [0.15, 0.2) is 0 Å². The Morgan fingerprint density at radius 3 is 1.77 bits per heavy atom. The van der Waals surface area contributed by atoms with Gasteiger partial charge in [0.05, 0.1) is 19.6 Å². The Balaban J connectivity index is 1.78. The lowest BCUT2D eigenvalue weighted by molar-refractivity contribution is 0.161. The van der Waals surface area contributed by atoms with Crippen molar-refractivity contribution < 1.29 is 9.62 Å². The number of hydrogen-bond donors (Lipinski definition) is 2. The van der Waals surface area contributed by atoms with E-state index in [1.54, 1.807) is 72.8 Å². The molecule has 0 aliphatic rings. The minimum atomic E-state index is -0.876. The van der Waals surface area contributed by atoms with E-state index in [9.17, 15) is 19.4 Å². The second kappa shape index (κ2) is 13.1. The van der Waals surface area contributed by atoms with E-state index < -0.39 is 11.4 Å². The smallest absolute Gasteiger partial charge is 0.375 e. The number of hydrogen-bond acceptors (Lipinski definition) is 10. The van der Waals surface area contributed by atoms with Gasteiger partial charge in [-0.1, -0.05) is 83.2 Å². The maximum Gasteiger partial charge on any atom is 0.426 e. The molecule has 0 aliphatic heterocycles. The van der Waals surface area contributed by atoms with Crippen LogP contribution in [-0.2, 0) is 39.3 Å². The summed E-state index contributed by atoms with van der Waals surface area (Å²) in [5.74, 6) is -0.876. The van der Waals surface area contributed by atoms with Crippen molar-refractivity contribution in [3.05, 3.63) is 143 Å². The monoisotopic (exact) mass is 530 g/mol. The SMILES string of the molecule is O=NCc1cccc(C/N=c2\oc(=O)n(Cc3cccc(CNO)c3)c(=O)n2Cc2cccc(CN=O)c2)c1. The summed E-state index contributed by atoms with van der Waals surface area (Å²) in [7, 11) is 0. The van der Waals surface area contributed by atoms with Gasteiger partial charge in [0.1, 0.15) is 13.1 Å². The van der Waals surface area contributed by atoms with Gasteiger partial charge in [0.25, 0.3) is 0 Å². The van der Waals surface area contributed by atoms with Crippen molar-refractivity contribution in [2.45, 2.75) is 39.3 Å². The second-order valence-corrected chi connectivity index (χ2v) is 8.79. The predicted octanol–water partition coefficient (Wildman–Crippen LogP) is 2.81. The van der Waals surface area contributed by atoms with Crippen molar-refractivity contribution in [2.75, 3.05) is 0 Å². The van der Waals surface area contributed by atoms with E-state index in [4.69, 9.17) is 9.62 Å². The zero-order chi connectivity index (χ0) is 27.6. The minimum absolute atomic E-state index is 0.0144. The van der Waals surface area contributed by atoms with Crippen molar-refractivity contribution in [1.29, 1.82) is 0 Å². The van der Waals surface area contributed by atoms with Gasteiger partial charge in [-0.3, -0.25) is 0 Å². The minimum Gasteiger partial charge on any atom is -0.375 e. The molecule has 12 heteroatoms. The molecule has 0 radical (unpaired) electrons. The average Bonchev–Trinajstić information content (AvgIpc) is 2.93. The molecule has 3 aromatic carbocycles. The molecule has 0 unspecified atom stereocenters. The van der Waals surface area contributed by atoms with Gasteiger partial charge in [0, 0.05) is 6.54 Å². The van der Waals surface area contributed by atoms with Gasteiger partial charge < -0.3 is 9.62 Å². The van der Waals surface area contributed by atoms with Gasteiger partial charge in [-0.2, -0.15) is 9.81 Å². The van der Waals surface area contributed by atoms with Crippen LogP contribution in [0.15, 0.2) is 102 Å². The van der Waals surface area contributed by atoms with Crippen LogP contribution in [0.3, 0.4) is 0 Å². The topological polar surface area (TPSA) is 161 Å². The van der Waals surface area contributed by atoms with Crippen molar-refractivity contribution in [3.63, 3.8) is 0 Å². The third-order valence-corrected chi connectivity index (χ3v) is 5.92. The fourth-order valence-electron chi connectivity index (χ4n) is 4.13. The summed E-state index contributed by atoms with van der Waals surface area (Å²) >= 11 is 0. The average molecular weight is 531 g/mol. The Kier molecular flexibility index (Phi) is 9.16. The lowest BCUT2D eigenvalue weighted by Crippen LogP contribution is -2.47. The lowest BCUT2D eigenvalue weighted by atomic mass is 10.1. The normalized spacial score (nSPS) is 11.5. The molecule has 0 atom stereocenters. The van der Waals surface area contributed by atoms with E-state index in [1.807, 2.05) is 0 Å². The van der Waals surface area contributed by atoms with Crippen LogP contribution in [0.4, 0.5) is 0 Å². The summed E-state index contributed by atoms with van der Waals surface area (Å²) in [4.78, 5) is 52.4. The summed E-state index contributed by atoms with van der Waals surface area (Å²) in [6.07, 6.45) is 0. The van der Waals surface area contributed by atoms with Gasteiger partial charge in [-0.25, -0.2) is 29.2 Å². The Morgan fingerprint density at radius 1 is 0.692 bits per heavy atom. The summed E-state index contributed by atoms with van der Waals surface area (Å²) in [5, 5.41) is 14.8. The Morgan fingerprint density at radius 2 is 1.18 bits per heavy atom. The van der Waals surface area contributed by atoms with E-state index in [1.165, 1.54) is 4.57 Å². The van der Waals surface area contributed by atoms with E-state index in [0.29, 0.717) is 22.3 Å². The number of nitrogens with zero attached hydrogens (tertiary/aromatic N) is 5. The van der Waals surface area contributed by atoms with Crippen LogP contribution in [-0.4, -0.2) is 14.3 Å². The summed E-state index contributed by atoms with van der Waals surface area (Å²) < 4.78 is 7.76. The molecule has 0 aliphatic carbocycles. The molecule has 1 heterocycles. The van der Waals surface area contributed by atoms with Crippen LogP contribution >= 0.6 is 0 Å². The third kappa shape index (κ3) is 7.15. The molecule has 0 saturated carbocycles. The van der Waals surface area contributed by atoms with Gasteiger partial charge in [-0.05, 0) is 33.4 Å². The van der Waals surface area contributed by atoms with Gasteiger partial charge in [0.2, 0.25) is 0 Å². The largest absolute Gasteiger partial charge is 0.426 e. The highest BCUT2D eigenvalue weighted by molar-refractivity contribution is 5.25. The standard InChI is InChI=1S/C27H26N6O6/c34-26-32(17-23-8-2-6-21(11-23)15-30-37)25(28-13-19-4-1-5-20(10-19)14-29-36)39-27(35)33(26)18-24-9-3-7-22(12-24)16-31-38/h1-12,31,38H,13-18H2/b28-25-. The third-order valence-electron chi connectivity index (χ3n) is 5.92. The van der Waals surface area contributed by atoms with E-state index in [-0.39, 0.29) is 45.0 Å². The molecule has 0 amide bonds. The molecule has 200 valence electrons. The molecule has 39 heavy (non-hydrogen) atoms. The zero-order valence-corrected chi connectivity index (χ0v) is 20.9. The highest BCUT2D eigenvalue weighted by atomic mass is 16.5. The second-order valence-electron chi connectivity index (χ2n) is 8.79. The molecule has 4 aromatic rings. The summed E-state index contributed by atoms with van der Waals surface area (Å²) in [6.45, 7) is 0.249. The maximum absolute atomic E-state index is 13.6. The first kappa shape index (κ1) is 27.2. The van der Waals surface area contributed by atoms with Crippen LogP contribution in [0.1, 0.15) is 33.4 Å². The summed E-state index contributed by atoms with van der Waals surface area (Å²) in [6, 6.07) is 21.2. The number of nitrogens with one attached hydrogen (secondary N) is 1. The van der Waals surface area contributed by atoms with E-state index in [2.05, 4.69) is 20.8 Å². The highest BCUT2D eigenvalue weighted by Gasteiger charge is 2.13. The number of benzene rings is 3. The first-order valence-corrected chi connectivity index (χ1v) is 12.0. The lowest BCUT2D eigenvalue weighted by Gasteiger charge is -2.11. The molecular weight excluding hydrogens is 504 g/mol. The summed E-state index contributed by atoms with van der Waals surface area (Å²) in [5.41, 5.74) is 5.51. The zero-order valence-electron chi connectivity index (χ0n) is 20.9. The predicted molar refractivity (Wildman–Crippen MR) is 142 cm³/mol. The van der Waals surface area contributed by atoms with Crippen molar-refractivity contribution in [3.8, 4) is 0 Å². The van der Waals surface area contributed by atoms with Gasteiger partial charge in [-0.15, -0.1) is 0 Å². The molecule has 1 aromatic heterocycles. The highest BCUT2D eigenvalue weighted by Crippen LogP contribution is 2.09. The molecule has 0 spiro atoms. The van der Waals surface area contributed by atoms with Crippen LogP contribution in [0.25, 0.3) is 0 Å². The molecule has 4 rings (SSSR count). The van der Waals surface area contributed by atoms with Crippen molar-refractivity contribution in [1.82, 2.24) is 14.6 Å². The Hall–Kier alpha value is -4.81. The molecule has 2 N–H and O–H groups in total. The fraction of sp³-hybridized carbons (Fsp3) is 0.222. The molecular formula is C27H26N6O6. The fourth-order valence-corrected chi connectivity index (χ4v) is 4.13. The molecule has 0 saturated heterocycles. The Bertz CT molecular complexity index is 1660. The van der Waals surface area contributed by atoms with Crippen LogP contribution in [0.2, 0.25) is 0 Å². The number of hydroxylamine groups is 1. The first-order chi connectivity index (χ1) is 19.0. The molecule has 12 nitrogen and oxygen atoms in total. The van der Waals surface area contributed by atoms with E-state index >= 15 is 0 Å². The van der Waals surface area contributed by atoms with Gasteiger partial charge >= 0.3 is 17.1 Å². The molecule has 0 bridgehead atoms. The van der Waals surface area contributed by atoms with Crippen LogP contribution < -0.4 is 22.6 Å². The first-order valence-electron chi connectivity index (χ1n) is 12.0. The number of nitroso groups, excluding NO2 is 2. The van der Waals surface area contributed by atoms with Crippen molar-refractivity contribution in [2.24, 2.45) is 15.3 Å². The number of rotatable bonds is 12. The quantitative estimate of drug-likeness (QED) is 0.210. The number of aromatic nitrogens is 2. The van der Waals surface area contributed by atoms with Crippen LogP contribution in [0, 0.1) is 9.81 Å². The molecule has 0 fully saturated rings.